The van der Waals surface area contributed by atoms with Crippen molar-refractivity contribution in [3.63, 3.8) is 0 Å². The Morgan fingerprint density at radius 3 is 2.00 bits per heavy atom. The Bertz CT molecular complexity index is 681. The number of hydrogen-bond donors (Lipinski definition) is 1. The monoisotopic (exact) mass is 294 g/mol. The molecular formula is C19H18O3. The lowest BCUT2D eigenvalue weighted by Crippen LogP contribution is -2.32. The van der Waals surface area contributed by atoms with Crippen LogP contribution in [0.5, 0.6) is 0 Å². The van der Waals surface area contributed by atoms with Gasteiger partial charge in [-0.2, -0.15) is 0 Å². The van der Waals surface area contributed by atoms with Crippen LogP contribution in [0.1, 0.15) is 35.6 Å². The maximum absolute atomic E-state index is 12.0. The van der Waals surface area contributed by atoms with Gasteiger partial charge < -0.3 is 9.84 Å². The topological polar surface area (TPSA) is 46.5 Å². The van der Waals surface area contributed by atoms with Gasteiger partial charge >= 0.3 is 5.97 Å². The van der Waals surface area contributed by atoms with E-state index in [1.165, 1.54) is 0 Å². The summed E-state index contributed by atoms with van der Waals surface area (Å²) in [6.45, 7) is 2.06. The predicted molar refractivity (Wildman–Crippen MR) is 86.1 cm³/mol. The van der Waals surface area contributed by atoms with Crippen molar-refractivity contribution in [3.05, 3.63) is 70.8 Å². The molecule has 3 heteroatoms. The second-order valence-corrected chi connectivity index (χ2v) is 5.35. The second kappa shape index (κ2) is 5.78. The molecule has 0 radical (unpaired) electrons. The fourth-order valence-corrected chi connectivity index (χ4v) is 2.97. The lowest BCUT2D eigenvalue weighted by atomic mass is 9.81. The van der Waals surface area contributed by atoms with E-state index in [1.54, 1.807) is 6.92 Å². The third kappa shape index (κ3) is 2.44. The third-order valence-electron chi connectivity index (χ3n) is 3.96. The van der Waals surface area contributed by atoms with Crippen molar-refractivity contribution in [2.24, 2.45) is 0 Å². The van der Waals surface area contributed by atoms with Gasteiger partial charge in [-0.3, -0.25) is 4.79 Å². The molecule has 22 heavy (non-hydrogen) atoms. The second-order valence-electron chi connectivity index (χ2n) is 5.35. The van der Waals surface area contributed by atoms with E-state index in [0.717, 1.165) is 22.3 Å². The molecule has 0 saturated carbocycles. The van der Waals surface area contributed by atoms with Crippen molar-refractivity contribution in [2.45, 2.75) is 18.9 Å². The average Bonchev–Trinajstić information content (AvgIpc) is 2.64. The zero-order valence-electron chi connectivity index (χ0n) is 12.5. The van der Waals surface area contributed by atoms with E-state index in [-0.39, 0.29) is 6.42 Å². The first-order chi connectivity index (χ1) is 10.6. The number of ether oxygens (including phenoxy) is 1. The Kier molecular flexibility index (Phi) is 3.82. The van der Waals surface area contributed by atoms with E-state index in [0.29, 0.717) is 6.61 Å². The largest absolute Gasteiger partial charge is 0.466 e. The summed E-state index contributed by atoms with van der Waals surface area (Å²) in [7, 11) is 0. The molecule has 2 aromatic rings. The van der Waals surface area contributed by atoms with Gasteiger partial charge in [-0.25, -0.2) is 0 Å². The zero-order valence-corrected chi connectivity index (χ0v) is 12.5. The van der Waals surface area contributed by atoms with Crippen LogP contribution in [0.4, 0.5) is 0 Å². The van der Waals surface area contributed by atoms with Gasteiger partial charge in [0, 0.05) is 0 Å². The molecule has 1 N–H and O–H groups in total. The van der Waals surface area contributed by atoms with Gasteiger partial charge in [-0.05, 0) is 29.2 Å². The molecule has 0 bridgehead atoms. The molecular weight excluding hydrogens is 276 g/mol. The number of hydrogen-bond acceptors (Lipinski definition) is 3. The number of esters is 1. The highest BCUT2D eigenvalue weighted by molar-refractivity contribution is 5.80. The Labute approximate surface area is 129 Å². The van der Waals surface area contributed by atoms with Gasteiger partial charge in [0.2, 0.25) is 0 Å². The first-order valence-corrected chi connectivity index (χ1v) is 7.40. The van der Waals surface area contributed by atoms with Crippen molar-refractivity contribution in [1.82, 2.24) is 0 Å². The minimum Gasteiger partial charge on any atom is -0.466 e. The van der Waals surface area contributed by atoms with Gasteiger partial charge in [-0.1, -0.05) is 60.7 Å². The van der Waals surface area contributed by atoms with E-state index >= 15 is 0 Å². The minimum atomic E-state index is -1.39. The highest BCUT2D eigenvalue weighted by Crippen LogP contribution is 2.40. The zero-order chi connectivity index (χ0) is 15.6. The Hall–Kier alpha value is -2.39. The molecule has 0 atom stereocenters. The summed E-state index contributed by atoms with van der Waals surface area (Å²) < 4.78 is 5.06. The average molecular weight is 294 g/mol. The fraction of sp³-hybridized carbons (Fsp3) is 0.211. The highest BCUT2D eigenvalue weighted by Gasteiger charge is 2.38. The van der Waals surface area contributed by atoms with Gasteiger partial charge in [0.15, 0.2) is 0 Å². The summed E-state index contributed by atoms with van der Waals surface area (Å²) in [5.41, 5.74) is 1.88. The number of carbonyl (C=O) groups is 1. The molecule has 0 spiro atoms. The highest BCUT2D eigenvalue weighted by atomic mass is 16.5. The van der Waals surface area contributed by atoms with Crippen LogP contribution in [0.2, 0.25) is 0 Å². The molecule has 3 rings (SSSR count). The summed E-state index contributed by atoms with van der Waals surface area (Å²) in [5.74, 6) is -0.406. The lowest BCUT2D eigenvalue weighted by Gasteiger charge is -2.30. The number of fused-ring (bicyclic) bond motifs is 2. The van der Waals surface area contributed by atoms with Crippen molar-refractivity contribution in [3.8, 4) is 0 Å². The van der Waals surface area contributed by atoms with Crippen molar-refractivity contribution in [2.75, 3.05) is 6.61 Å². The van der Waals surface area contributed by atoms with Crippen molar-refractivity contribution in [1.29, 1.82) is 0 Å². The SMILES string of the molecule is CCOC(=O)CC1(O)c2ccccc2C=Cc2ccccc21. The van der Waals surface area contributed by atoms with Gasteiger partial charge in [-0.15, -0.1) is 0 Å². The Balaban J connectivity index is 2.18. The molecule has 1 aliphatic rings. The lowest BCUT2D eigenvalue weighted by molar-refractivity contribution is -0.147. The van der Waals surface area contributed by atoms with Crippen LogP contribution in [0, 0.1) is 0 Å². The van der Waals surface area contributed by atoms with Crippen LogP contribution in [-0.4, -0.2) is 17.7 Å². The summed E-state index contributed by atoms with van der Waals surface area (Å²) in [6.07, 6.45) is 3.84. The molecule has 0 fully saturated rings. The van der Waals surface area contributed by atoms with Crippen LogP contribution < -0.4 is 0 Å². The Morgan fingerprint density at radius 2 is 1.50 bits per heavy atom. The van der Waals surface area contributed by atoms with Crippen LogP contribution in [0.3, 0.4) is 0 Å². The van der Waals surface area contributed by atoms with Gasteiger partial charge in [0.25, 0.3) is 0 Å². The summed E-state index contributed by atoms with van der Waals surface area (Å²) in [5, 5.41) is 11.4. The number of rotatable bonds is 3. The third-order valence-corrected chi connectivity index (χ3v) is 3.96. The summed E-state index contributed by atoms with van der Waals surface area (Å²) >= 11 is 0. The number of carbonyl (C=O) groups excluding carboxylic acids is 1. The smallest absolute Gasteiger partial charge is 0.309 e. The first kappa shape index (κ1) is 14.5. The molecule has 112 valence electrons. The number of aliphatic hydroxyl groups is 1. The van der Waals surface area contributed by atoms with E-state index in [1.807, 2.05) is 60.7 Å². The van der Waals surface area contributed by atoms with Crippen molar-refractivity contribution >= 4 is 18.1 Å². The molecule has 0 amide bonds. The van der Waals surface area contributed by atoms with Crippen molar-refractivity contribution < 1.29 is 14.6 Å². The molecule has 0 heterocycles. The van der Waals surface area contributed by atoms with E-state index in [4.69, 9.17) is 4.74 Å². The molecule has 2 aromatic carbocycles. The van der Waals surface area contributed by atoms with Crippen LogP contribution >= 0.6 is 0 Å². The van der Waals surface area contributed by atoms with E-state index in [9.17, 15) is 9.90 Å². The summed E-state index contributed by atoms with van der Waals surface area (Å²) in [4.78, 5) is 12.0. The van der Waals surface area contributed by atoms with Crippen LogP contribution in [0.25, 0.3) is 12.2 Å². The van der Waals surface area contributed by atoms with Crippen LogP contribution in [0.15, 0.2) is 48.5 Å². The minimum absolute atomic E-state index is 0.101. The molecule has 0 aromatic heterocycles. The molecule has 0 unspecified atom stereocenters. The fourth-order valence-electron chi connectivity index (χ4n) is 2.97. The van der Waals surface area contributed by atoms with E-state index < -0.39 is 11.6 Å². The quantitative estimate of drug-likeness (QED) is 0.883. The normalized spacial score (nSPS) is 14.6. The molecule has 3 nitrogen and oxygen atoms in total. The molecule has 0 saturated heterocycles. The van der Waals surface area contributed by atoms with Gasteiger partial charge in [0.05, 0.1) is 13.0 Å². The Morgan fingerprint density at radius 1 is 1.00 bits per heavy atom. The van der Waals surface area contributed by atoms with Gasteiger partial charge in [0.1, 0.15) is 5.60 Å². The summed E-state index contributed by atoms with van der Waals surface area (Å²) in [6, 6.07) is 15.2. The van der Waals surface area contributed by atoms with E-state index in [2.05, 4.69) is 0 Å². The maximum Gasteiger partial charge on any atom is 0.309 e. The molecule has 0 aliphatic heterocycles. The maximum atomic E-state index is 12.0. The van der Waals surface area contributed by atoms with Crippen LogP contribution in [-0.2, 0) is 15.1 Å². The number of benzene rings is 2. The molecule has 1 aliphatic carbocycles. The predicted octanol–water partition coefficient (Wildman–Crippen LogP) is 3.36. The standard InChI is InChI=1S/C19H18O3/c1-2-22-18(20)13-19(21)16-9-5-3-7-14(16)11-12-15-8-4-6-10-17(15)19/h3-12,21H,2,13H2,1H3. The first-order valence-electron chi connectivity index (χ1n) is 7.40.